The van der Waals surface area contributed by atoms with Crippen LogP contribution in [-0.4, -0.2) is 52.4 Å². The number of ether oxygens (including phenoxy) is 1. The highest BCUT2D eigenvalue weighted by atomic mass is 16.7. The molecular weight excluding hydrogens is 398 g/mol. The van der Waals surface area contributed by atoms with Crippen LogP contribution in [0.4, 0.5) is 5.82 Å². The van der Waals surface area contributed by atoms with Crippen LogP contribution in [0.2, 0.25) is 0 Å². The molecule has 9 heteroatoms. The number of hydrogen-bond acceptors (Lipinski definition) is 7. The van der Waals surface area contributed by atoms with Crippen LogP contribution in [0.1, 0.15) is 10.4 Å². The van der Waals surface area contributed by atoms with E-state index in [0.717, 1.165) is 10.7 Å². The van der Waals surface area contributed by atoms with Crippen molar-refractivity contribution in [3.8, 4) is 11.3 Å². The van der Waals surface area contributed by atoms with E-state index in [2.05, 4.69) is 20.2 Å². The van der Waals surface area contributed by atoms with Gasteiger partial charge >= 0.3 is 5.97 Å². The van der Waals surface area contributed by atoms with Gasteiger partial charge in [-0.2, -0.15) is 0 Å². The molecule has 3 heterocycles. The fourth-order valence-corrected chi connectivity index (χ4v) is 3.57. The summed E-state index contributed by atoms with van der Waals surface area (Å²) in [5.74, 6) is 0.189. The van der Waals surface area contributed by atoms with Gasteiger partial charge in [-0.15, -0.1) is 5.10 Å². The second-order valence-electron chi connectivity index (χ2n) is 7.10. The molecule has 4 aromatic rings. The average Bonchev–Trinajstić information content (AvgIpc) is 3.28. The Morgan fingerprint density at radius 1 is 1.06 bits per heavy atom. The quantitative estimate of drug-likeness (QED) is 0.506. The highest BCUT2D eigenvalue weighted by Gasteiger charge is 2.17. The molecule has 1 fully saturated rings. The molecule has 0 atom stereocenters. The Hall–Kier alpha value is -3.98. The van der Waals surface area contributed by atoms with Crippen molar-refractivity contribution < 1.29 is 14.4 Å². The average molecular weight is 417 g/mol. The van der Waals surface area contributed by atoms with Gasteiger partial charge in [0.1, 0.15) is 11.5 Å². The lowest BCUT2D eigenvalue weighted by molar-refractivity contribution is 0.0384. The van der Waals surface area contributed by atoms with Crippen LogP contribution in [0.15, 0.2) is 65.6 Å². The first-order valence-electron chi connectivity index (χ1n) is 9.88. The van der Waals surface area contributed by atoms with Gasteiger partial charge < -0.3 is 19.5 Å². The Bertz CT molecular complexity index is 1290. The molecule has 0 aliphatic carbocycles. The van der Waals surface area contributed by atoms with Crippen molar-refractivity contribution in [1.29, 1.82) is 0 Å². The van der Waals surface area contributed by atoms with Crippen molar-refractivity contribution in [3.63, 3.8) is 0 Å². The van der Waals surface area contributed by atoms with Gasteiger partial charge in [0.15, 0.2) is 5.43 Å². The monoisotopic (exact) mass is 417 g/mol. The first-order valence-corrected chi connectivity index (χ1v) is 9.88. The Labute approximate surface area is 176 Å². The molecule has 1 aliphatic heterocycles. The Kier molecular flexibility index (Phi) is 4.93. The zero-order valence-electron chi connectivity index (χ0n) is 16.5. The Morgan fingerprint density at radius 2 is 1.87 bits per heavy atom. The van der Waals surface area contributed by atoms with E-state index in [1.54, 1.807) is 42.5 Å². The topological polar surface area (TPSA) is 102 Å². The minimum absolute atomic E-state index is 0.0833. The molecule has 0 saturated carbocycles. The standard InChI is InChI=1S/C22H19N5O4/c28-19-13-20(26-9-11-30-12-10-26)23-21-16(7-4-8-17(19)21)18-14-27(25-24-18)31-22(29)15-5-2-1-3-6-15/h1-8,13-14H,9-12H2,(H,23,28). The number of hydrogen-bond donors (Lipinski definition) is 1. The highest BCUT2D eigenvalue weighted by Crippen LogP contribution is 2.26. The summed E-state index contributed by atoms with van der Waals surface area (Å²) >= 11 is 0. The molecule has 5 rings (SSSR count). The van der Waals surface area contributed by atoms with Crippen LogP contribution in [0.25, 0.3) is 22.2 Å². The summed E-state index contributed by atoms with van der Waals surface area (Å²) in [4.78, 5) is 36.7. The SMILES string of the molecule is O=C(On1cc(-c2cccc3c(=O)cc(N4CCOCC4)[nH]c23)nn1)c1ccccc1. The molecule has 2 aromatic heterocycles. The van der Waals surface area contributed by atoms with E-state index in [0.29, 0.717) is 54.0 Å². The largest absolute Gasteiger partial charge is 0.378 e. The number of nitrogens with zero attached hydrogens (tertiary/aromatic N) is 4. The maximum absolute atomic E-state index is 12.7. The summed E-state index contributed by atoms with van der Waals surface area (Å²) in [6, 6.07) is 15.6. The minimum Gasteiger partial charge on any atom is -0.378 e. The minimum atomic E-state index is -0.544. The van der Waals surface area contributed by atoms with Crippen LogP contribution in [0.3, 0.4) is 0 Å². The number of anilines is 1. The first kappa shape index (κ1) is 19.0. The molecule has 1 aliphatic rings. The summed E-state index contributed by atoms with van der Waals surface area (Å²) < 4.78 is 5.40. The van der Waals surface area contributed by atoms with Gasteiger partial charge in [-0.1, -0.05) is 35.2 Å². The third-order valence-electron chi connectivity index (χ3n) is 5.14. The van der Waals surface area contributed by atoms with E-state index < -0.39 is 5.97 Å². The number of para-hydroxylation sites is 1. The predicted molar refractivity (Wildman–Crippen MR) is 114 cm³/mol. The number of aromatic nitrogens is 4. The molecular formula is C22H19N5O4. The van der Waals surface area contributed by atoms with E-state index in [4.69, 9.17) is 9.57 Å². The molecule has 9 nitrogen and oxygen atoms in total. The van der Waals surface area contributed by atoms with E-state index in [-0.39, 0.29) is 5.43 Å². The van der Waals surface area contributed by atoms with Crippen LogP contribution in [0, 0.1) is 0 Å². The summed E-state index contributed by atoms with van der Waals surface area (Å²) in [5.41, 5.74) is 2.13. The number of benzene rings is 2. The molecule has 156 valence electrons. The van der Waals surface area contributed by atoms with Gasteiger partial charge in [0.2, 0.25) is 0 Å². The van der Waals surface area contributed by atoms with Crippen molar-refractivity contribution in [3.05, 3.63) is 76.6 Å². The molecule has 0 bridgehead atoms. The number of H-pyrrole nitrogens is 1. The molecule has 0 spiro atoms. The maximum Gasteiger partial charge on any atom is 0.365 e. The molecule has 2 aromatic carbocycles. The molecule has 1 N–H and O–H groups in total. The second kappa shape index (κ2) is 8.04. The summed E-state index contributed by atoms with van der Waals surface area (Å²) in [5, 5.41) is 8.59. The predicted octanol–water partition coefficient (Wildman–Crippen LogP) is 1.89. The van der Waals surface area contributed by atoms with Crippen LogP contribution in [-0.2, 0) is 4.74 Å². The smallest absolute Gasteiger partial charge is 0.365 e. The molecule has 0 amide bonds. The third-order valence-corrected chi connectivity index (χ3v) is 5.14. The fraction of sp³-hybridized carbons (Fsp3) is 0.182. The number of carbonyl (C=O) groups is 1. The first-order chi connectivity index (χ1) is 15.2. The number of aromatic amines is 1. The number of nitrogens with one attached hydrogen (secondary N) is 1. The van der Waals surface area contributed by atoms with Gasteiger partial charge in [-0.3, -0.25) is 4.79 Å². The lowest BCUT2D eigenvalue weighted by Crippen LogP contribution is -2.37. The summed E-state index contributed by atoms with van der Waals surface area (Å²) in [7, 11) is 0. The van der Waals surface area contributed by atoms with E-state index in [1.165, 1.54) is 6.20 Å². The van der Waals surface area contributed by atoms with E-state index in [9.17, 15) is 9.59 Å². The normalized spacial score (nSPS) is 14.0. The van der Waals surface area contributed by atoms with Gasteiger partial charge in [0, 0.05) is 30.1 Å². The maximum atomic E-state index is 12.7. The van der Waals surface area contributed by atoms with Crippen molar-refractivity contribution in [2.75, 3.05) is 31.2 Å². The number of morpholine rings is 1. The molecule has 0 unspecified atom stereocenters. The van der Waals surface area contributed by atoms with Crippen molar-refractivity contribution in [2.45, 2.75) is 0 Å². The van der Waals surface area contributed by atoms with Gasteiger partial charge in [0.05, 0.1) is 30.5 Å². The number of rotatable bonds is 4. The Morgan fingerprint density at radius 3 is 2.68 bits per heavy atom. The lowest BCUT2D eigenvalue weighted by Gasteiger charge is -2.28. The van der Waals surface area contributed by atoms with Gasteiger partial charge in [-0.25, -0.2) is 4.79 Å². The number of fused-ring (bicyclic) bond motifs is 1. The zero-order chi connectivity index (χ0) is 21.2. The van der Waals surface area contributed by atoms with Crippen LogP contribution in [0.5, 0.6) is 0 Å². The molecule has 0 radical (unpaired) electrons. The highest BCUT2D eigenvalue weighted by molar-refractivity contribution is 5.93. The molecule has 31 heavy (non-hydrogen) atoms. The van der Waals surface area contributed by atoms with Crippen molar-refractivity contribution >= 4 is 22.7 Å². The van der Waals surface area contributed by atoms with Gasteiger partial charge in [0.25, 0.3) is 0 Å². The lowest BCUT2D eigenvalue weighted by atomic mass is 10.1. The van der Waals surface area contributed by atoms with Crippen molar-refractivity contribution in [2.24, 2.45) is 0 Å². The fourth-order valence-electron chi connectivity index (χ4n) is 3.57. The summed E-state index contributed by atoms with van der Waals surface area (Å²) in [6.45, 7) is 2.64. The van der Waals surface area contributed by atoms with E-state index >= 15 is 0 Å². The third kappa shape index (κ3) is 3.78. The van der Waals surface area contributed by atoms with Crippen LogP contribution < -0.4 is 15.2 Å². The van der Waals surface area contributed by atoms with Crippen molar-refractivity contribution in [1.82, 2.24) is 20.1 Å². The van der Waals surface area contributed by atoms with E-state index in [1.807, 2.05) is 12.1 Å². The second-order valence-corrected chi connectivity index (χ2v) is 7.10. The van der Waals surface area contributed by atoms with Crippen LogP contribution >= 0.6 is 0 Å². The molecule has 1 saturated heterocycles. The number of carbonyl (C=O) groups excluding carboxylic acids is 1. The van der Waals surface area contributed by atoms with Gasteiger partial charge in [-0.05, 0) is 23.4 Å². The number of pyridine rings is 1. The Balaban J connectivity index is 1.49. The summed E-state index contributed by atoms with van der Waals surface area (Å²) in [6.07, 6.45) is 1.51. The zero-order valence-corrected chi connectivity index (χ0v) is 16.5.